The van der Waals surface area contributed by atoms with Crippen LogP contribution in [0.5, 0.6) is 0 Å². The van der Waals surface area contributed by atoms with Crippen molar-refractivity contribution in [1.29, 1.82) is 0 Å². The molecule has 128 valence electrons. The van der Waals surface area contributed by atoms with Crippen molar-refractivity contribution in [2.75, 3.05) is 5.32 Å². The van der Waals surface area contributed by atoms with Gasteiger partial charge in [0.05, 0.1) is 12.0 Å². The summed E-state index contributed by atoms with van der Waals surface area (Å²) >= 11 is 6.06. The zero-order valence-corrected chi connectivity index (χ0v) is 14.2. The summed E-state index contributed by atoms with van der Waals surface area (Å²) in [4.78, 5) is 28.5. The van der Waals surface area contributed by atoms with E-state index in [1.807, 2.05) is 6.07 Å². The van der Waals surface area contributed by atoms with E-state index in [2.05, 4.69) is 10.3 Å². The lowest BCUT2D eigenvalue weighted by Gasteiger charge is -2.06. The average molecular weight is 365 g/mol. The summed E-state index contributed by atoms with van der Waals surface area (Å²) in [6, 6.07) is 17.2. The first kappa shape index (κ1) is 16.2. The van der Waals surface area contributed by atoms with Crippen LogP contribution in [0.2, 0.25) is 5.02 Å². The number of hydrogen-bond acceptors (Lipinski definition) is 3. The Morgan fingerprint density at radius 3 is 2.54 bits per heavy atom. The first-order valence-corrected chi connectivity index (χ1v) is 8.27. The molecule has 0 aliphatic rings. The van der Waals surface area contributed by atoms with Crippen molar-refractivity contribution in [3.05, 3.63) is 89.0 Å². The minimum absolute atomic E-state index is 0.159. The molecule has 0 aliphatic carbocycles. The van der Waals surface area contributed by atoms with E-state index >= 15 is 0 Å². The predicted octanol–water partition coefficient (Wildman–Crippen LogP) is 4.90. The minimum atomic E-state index is -0.437. The fourth-order valence-corrected chi connectivity index (χ4v) is 2.96. The van der Waals surface area contributed by atoms with Gasteiger partial charge < -0.3 is 14.7 Å². The third kappa shape index (κ3) is 2.89. The third-order valence-electron chi connectivity index (χ3n) is 4.01. The molecule has 0 atom stereocenters. The number of halogens is 1. The second-order valence-corrected chi connectivity index (χ2v) is 6.13. The first-order valence-electron chi connectivity index (χ1n) is 7.89. The van der Waals surface area contributed by atoms with E-state index in [0.717, 1.165) is 0 Å². The normalized spacial score (nSPS) is 10.8. The van der Waals surface area contributed by atoms with Crippen LogP contribution in [0.15, 0.2) is 71.3 Å². The van der Waals surface area contributed by atoms with Gasteiger partial charge in [0.15, 0.2) is 5.76 Å². The van der Waals surface area contributed by atoms with Gasteiger partial charge in [0, 0.05) is 21.5 Å². The summed E-state index contributed by atoms with van der Waals surface area (Å²) in [6.45, 7) is 0. The smallest absolute Gasteiger partial charge is 0.291 e. The number of benzene rings is 2. The standard InChI is InChI=1S/C20H13ClN2O3/c21-13-8-9-14-15(11-13)22-18(19(24)12-5-2-1-3-6-12)17(14)23-20(25)16-7-4-10-26-16/h1-11,22H,(H,23,25). The molecule has 2 aromatic heterocycles. The highest BCUT2D eigenvalue weighted by atomic mass is 35.5. The summed E-state index contributed by atoms with van der Waals surface area (Å²) < 4.78 is 5.13. The summed E-state index contributed by atoms with van der Waals surface area (Å²) in [5.74, 6) is -0.507. The SMILES string of the molecule is O=C(Nc1c(C(=O)c2ccccc2)[nH]c2cc(Cl)ccc12)c1ccco1. The highest BCUT2D eigenvalue weighted by molar-refractivity contribution is 6.31. The molecule has 4 rings (SSSR count). The average Bonchev–Trinajstić information content (AvgIpc) is 3.30. The highest BCUT2D eigenvalue weighted by Crippen LogP contribution is 2.31. The van der Waals surface area contributed by atoms with E-state index in [4.69, 9.17) is 16.0 Å². The van der Waals surface area contributed by atoms with Crippen LogP contribution in [-0.4, -0.2) is 16.7 Å². The second kappa shape index (κ2) is 6.54. The Bertz CT molecular complexity index is 1100. The van der Waals surface area contributed by atoms with Crippen molar-refractivity contribution < 1.29 is 14.0 Å². The Kier molecular flexibility index (Phi) is 4.07. The largest absolute Gasteiger partial charge is 0.459 e. The fraction of sp³-hybridized carbons (Fsp3) is 0. The number of amides is 1. The van der Waals surface area contributed by atoms with Gasteiger partial charge in [-0.15, -0.1) is 0 Å². The predicted molar refractivity (Wildman–Crippen MR) is 99.8 cm³/mol. The quantitative estimate of drug-likeness (QED) is 0.506. The highest BCUT2D eigenvalue weighted by Gasteiger charge is 2.22. The van der Waals surface area contributed by atoms with Crippen LogP contribution in [0.1, 0.15) is 26.6 Å². The molecule has 6 heteroatoms. The van der Waals surface area contributed by atoms with Crippen molar-refractivity contribution in [2.45, 2.75) is 0 Å². The Balaban J connectivity index is 1.83. The number of hydrogen-bond donors (Lipinski definition) is 2. The first-order chi connectivity index (χ1) is 12.6. The number of carbonyl (C=O) groups is 2. The van der Waals surface area contributed by atoms with Crippen molar-refractivity contribution in [3.63, 3.8) is 0 Å². The molecule has 1 amide bonds. The van der Waals surface area contributed by atoms with Crippen molar-refractivity contribution in [2.24, 2.45) is 0 Å². The molecule has 0 saturated carbocycles. The van der Waals surface area contributed by atoms with Gasteiger partial charge in [0.2, 0.25) is 5.78 Å². The summed E-state index contributed by atoms with van der Waals surface area (Å²) in [5.41, 5.74) is 1.85. The Morgan fingerprint density at radius 1 is 1.00 bits per heavy atom. The molecule has 0 aliphatic heterocycles. The number of fused-ring (bicyclic) bond motifs is 1. The molecular formula is C20H13ClN2O3. The number of H-pyrrole nitrogens is 1. The summed E-state index contributed by atoms with van der Waals surface area (Å²) in [7, 11) is 0. The molecule has 0 radical (unpaired) electrons. The summed E-state index contributed by atoms with van der Waals surface area (Å²) in [6.07, 6.45) is 1.42. The van der Waals surface area contributed by atoms with E-state index in [9.17, 15) is 9.59 Å². The van der Waals surface area contributed by atoms with E-state index in [-0.39, 0.29) is 17.2 Å². The number of anilines is 1. The zero-order chi connectivity index (χ0) is 18.1. The molecule has 5 nitrogen and oxygen atoms in total. The van der Waals surface area contributed by atoms with Gasteiger partial charge in [-0.1, -0.05) is 41.9 Å². The third-order valence-corrected chi connectivity index (χ3v) is 4.24. The van der Waals surface area contributed by atoms with Crippen LogP contribution in [0, 0.1) is 0 Å². The van der Waals surface area contributed by atoms with Gasteiger partial charge in [0.1, 0.15) is 5.69 Å². The Labute approximate surface area is 153 Å². The number of aromatic amines is 1. The Morgan fingerprint density at radius 2 is 1.81 bits per heavy atom. The maximum Gasteiger partial charge on any atom is 0.291 e. The van der Waals surface area contributed by atoms with E-state index < -0.39 is 5.91 Å². The summed E-state index contributed by atoms with van der Waals surface area (Å²) in [5, 5.41) is 4.00. The van der Waals surface area contributed by atoms with Crippen molar-refractivity contribution >= 4 is 39.9 Å². The topological polar surface area (TPSA) is 75.1 Å². The van der Waals surface area contributed by atoms with Crippen LogP contribution in [0.25, 0.3) is 10.9 Å². The van der Waals surface area contributed by atoms with E-state index in [0.29, 0.717) is 27.2 Å². The van der Waals surface area contributed by atoms with Gasteiger partial charge in [0.25, 0.3) is 5.91 Å². The molecule has 0 bridgehead atoms. The molecule has 26 heavy (non-hydrogen) atoms. The molecule has 0 saturated heterocycles. The van der Waals surface area contributed by atoms with Gasteiger partial charge in [-0.2, -0.15) is 0 Å². The van der Waals surface area contributed by atoms with Gasteiger partial charge in [-0.05, 0) is 30.3 Å². The molecule has 2 N–H and O–H groups in total. The maximum atomic E-state index is 13.0. The lowest BCUT2D eigenvalue weighted by molar-refractivity contribution is 0.0997. The molecule has 2 aromatic carbocycles. The van der Waals surface area contributed by atoms with Gasteiger partial charge in [-0.3, -0.25) is 9.59 Å². The molecule has 0 fully saturated rings. The fourth-order valence-electron chi connectivity index (χ4n) is 2.79. The molecule has 4 aromatic rings. The second-order valence-electron chi connectivity index (χ2n) is 5.69. The molecule has 0 unspecified atom stereocenters. The number of carbonyl (C=O) groups excluding carboxylic acids is 2. The van der Waals surface area contributed by atoms with Crippen LogP contribution in [-0.2, 0) is 0 Å². The minimum Gasteiger partial charge on any atom is -0.459 e. The monoisotopic (exact) mass is 364 g/mol. The van der Waals surface area contributed by atoms with Gasteiger partial charge >= 0.3 is 0 Å². The number of furan rings is 1. The van der Waals surface area contributed by atoms with Crippen molar-refractivity contribution in [1.82, 2.24) is 4.98 Å². The van der Waals surface area contributed by atoms with E-state index in [1.165, 1.54) is 6.26 Å². The van der Waals surface area contributed by atoms with E-state index in [1.54, 1.807) is 54.6 Å². The van der Waals surface area contributed by atoms with Crippen LogP contribution in [0.3, 0.4) is 0 Å². The lowest BCUT2D eigenvalue weighted by atomic mass is 10.1. The molecular weight excluding hydrogens is 352 g/mol. The zero-order valence-electron chi connectivity index (χ0n) is 13.5. The van der Waals surface area contributed by atoms with Crippen LogP contribution >= 0.6 is 11.6 Å². The number of nitrogens with one attached hydrogen (secondary N) is 2. The van der Waals surface area contributed by atoms with Crippen molar-refractivity contribution in [3.8, 4) is 0 Å². The molecule has 0 spiro atoms. The van der Waals surface area contributed by atoms with Crippen LogP contribution in [0.4, 0.5) is 5.69 Å². The Hall–Kier alpha value is -3.31. The number of ketones is 1. The maximum absolute atomic E-state index is 13.0. The lowest BCUT2D eigenvalue weighted by Crippen LogP contribution is -2.14. The van der Waals surface area contributed by atoms with Gasteiger partial charge in [-0.25, -0.2) is 0 Å². The van der Waals surface area contributed by atoms with Crippen LogP contribution < -0.4 is 5.32 Å². The number of rotatable bonds is 4. The molecule has 2 heterocycles. The number of aromatic nitrogens is 1.